The van der Waals surface area contributed by atoms with Crippen LogP contribution in [-0.2, 0) is 42.2 Å². The van der Waals surface area contributed by atoms with Crippen LogP contribution in [0.15, 0.2) is 72.9 Å². The number of aliphatic hydroxyl groups excluding tert-OH is 1. The Bertz CT molecular complexity index is 1590. The van der Waals surface area contributed by atoms with Crippen molar-refractivity contribution in [3.8, 4) is 0 Å². The Morgan fingerprint density at radius 3 is 1.06 bits per heavy atom. The number of hydrogen-bond acceptors (Lipinski definition) is 10. The van der Waals surface area contributed by atoms with Gasteiger partial charge in [0.2, 0.25) is 0 Å². The molecule has 78 heavy (non-hydrogen) atoms. The van der Waals surface area contributed by atoms with Gasteiger partial charge in [0.1, 0.15) is 12.7 Å². The first-order chi connectivity index (χ1) is 38.2. The highest BCUT2D eigenvalue weighted by Crippen LogP contribution is 2.43. The molecule has 0 aliphatic carbocycles. The molecule has 0 rings (SSSR count). The third kappa shape index (κ3) is 57.6. The lowest BCUT2D eigenvalue weighted by Gasteiger charge is -2.21. The third-order valence-electron chi connectivity index (χ3n) is 13.6. The Balaban J connectivity index is 4.71. The number of phosphoric acid groups is 1. The van der Waals surface area contributed by atoms with Crippen LogP contribution in [-0.4, -0.2) is 66.5 Å². The molecule has 0 spiro atoms. The normalized spacial score (nSPS) is 13.8. The number of rotatable bonds is 59. The lowest BCUT2D eigenvalue weighted by Crippen LogP contribution is -2.30. The van der Waals surface area contributed by atoms with Gasteiger partial charge in [0.15, 0.2) is 6.10 Å². The van der Waals surface area contributed by atoms with Crippen molar-refractivity contribution in [1.29, 1.82) is 0 Å². The molecule has 0 aromatic carbocycles. The molecule has 0 saturated heterocycles. The van der Waals surface area contributed by atoms with E-state index in [1.54, 1.807) is 0 Å². The van der Waals surface area contributed by atoms with Crippen molar-refractivity contribution in [3.63, 3.8) is 0 Å². The van der Waals surface area contributed by atoms with E-state index in [0.717, 1.165) is 116 Å². The van der Waals surface area contributed by atoms with Crippen molar-refractivity contribution >= 4 is 25.7 Å². The van der Waals surface area contributed by atoms with Crippen LogP contribution in [0.25, 0.3) is 0 Å². The number of carbonyl (C=O) groups is 3. The summed E-state index contributed by atoms with van der Waals surface area (Å²) in [6.45, 7) is 4.52. The smallest absolute Gasteiger partial charge is 0.462 e. The lowest BCUT2D eigenvalue weighted by molar-refractivity contribution is -0.161. The summed E-state index contributed by atoms with van der Waals surface area (Å²) in [5, 5.41) is 9.85. The van der Waals surface area contributed by atoms with E-state index in [0.29, 0.717) is 19.3 Å². The first kappa shape index (κ1) is 74.9. The zero-order chi connectivity index (χ0) is 56.9. The van der Waals surface area contributed by atoms with Crippen molar-refractivity contribution in [2.75, 3.05) is 26.4 Å². The standard InChI is InChI=1S/C66H117O11P/c1-4-7-10-13-16-19-22-25-28-31-34-37-40-43-46-49-52-55-64(68)73-59-63(77-66(70)57-54-51-48-45-42-39-36-33-30-27-24-21-18-15-12-9-6-3)61-75-78(71,72)74-60-62(58-67)76-65(69)56-53-50-47-44-41-38-35-32-29-26-23-20-17-14-11-8-5-2/h9,12,16,18-19,21,25-30,62-63,67H,4-8,10-11,13-15,17,20,22-24,31-61H2,1-3H3,(H,71,72)/b12-9-,19-16-,21-18-,28-25-,29-26-,30-27-. The second kappa shape index (κ2) is 60.0. The molecule has 0 heterocycles. The van der Waals surface area contributed by atoms with Crippen LogP contribution in [0.2, 0.25) is 0 Å². The summed E-state index contributed by atoms with van der Waals surface area (Å²) in [7, 11) is -4.76. The number of hydrogen-bond donors (Lipinski definition) is 2. The van der Waals surface area contributed by atoms with E-state index in [1.807, 2.05) is 0 Å². The predicted molar refractivity (Wildman–Crippen MR) is 325 cm³/mol. The molecule has 0 aromatic rings. The maximum absolute atomic E-state index is 12.9. The van der Waals surface area contributed by atoms with Crippen LogP contribution < -0.4 is 0 Å². The quantitative estimate of drug-likeness (QED) is 0.0197. The Kier molecular flexibility index (Phi) is 57.7. The molecular weight excluding hydrogens is 1000 g/mol. The van der Waals surface area contributed by atoms with E-state index in [1.165, 1.54) is 116 Å². The van der Waals surface area contributed by atoms with E-state index in [2.05, 4.69) is 93.7 Å². The molecule has 0 bridgehead atoms. The topological polar surface area (TPSA) is 155 Å². The molecule has 452 valence electrons. The van der Waals surface area contributed by atoms with Crippen LogP contribution in [0.5, 0.6) is 0 Å². The average Bonchev–Trinajstić information content (AvgIpc) is 3.43. The van der Waals surface area contributed by atoms with E-state index in [-0.39, 0.29) is 25.9 Å². The summed E-state index contributed by atoms with van der Waals surface area (Å²) in [4.78, 5) is 48.7. The molecule has 3 atom stereocenters. The first-order valence-corrected chi connectivity index (χ1v) is 33.3. The SMILES string of the molecule is CC/C=C\C/C=C\C/C=C\CCCCCCCCCC(=O)OC(COC(=O)CCCCCCCCC/C=C\C/C=C\CCCCC)COP(=O)(O)OCC(CO)OC(=O)CCCCCCCCC/C=C\CCCCCCCC. The highest BCUT2D eigenvalue weighted by atomic mass is 31.2. The Morgan fingerprint density at radius 1 is 0.372 bits per heavy atom. The summed E-state index contributed by atoms with van der Waals surface area (Å²) in [6.07, 6.45) is 68.4. The van der Waals surface area contributed by atoms with E-state index in [9.17, 15) is 28.9 Å². The van der Waals surface area contributed by atoms with Gasteiger partial charge in [0.25, 0.3) is 0 Å². The van der Waals surface area contributed by atoms with Gasteiger partial charge in [-0.25, -0.2) is 4.57 Å². The maximum Gasteiger partial charge on any atom is 0.472 e. The van der Waals surface area contributed by atoms with Gasteiger partial charge in [-0.05, 0) is 109 Å². The molecule has 0 aliphatic rings. The van der Waals surface area contributed by atoms with Crippen molar-refractivity contribution in [2.24, 2.45) is 0 Å². The van der Waals surface area contributed by atoms with Gasteiger partial charge < -0.3 is 24.2 Å². The third-order valence-corrected chi connectivity index (χ3v) is 14.5. The van der Waals surface area contributed by atoms with Crippen LogP contribution in [0, 0.1) is 0 Å². The average molecular weight is 1120 g/mol. The zero-order valence-corrected chi connectivity index (χ0v) is 51.0. The number of allylic oxidation sites excluding steroid dienone is 12. The van der Waals surface area contributed by atoms with Gasteiger partial charge in [0.05, 0.1) is 19.8 Å². The van der Waals surface area contributed by atoms with E-state index < -0.39 is 57.8 Å². The largest absolute Gasteiger partial charge is 0.472 e. The summed E-state index contributed by atoms with van der Waals surface area (Å²) in [5.74, 6) is -1.48. The van der Waals surface area contributed by atoms with Crippen molar-refractivity contribution in [2.45, 2.75) is 303 Å². The molecule has 0 radical (unpaired) electrons. The Labute approximate surface area is 478 Å². The molecule has 2 N–H and O–H groups in total. The predicted octanol–water partition coefficient (Wildman–Crippen LogP) is 19.3. The minimum absolute atomic E-state index is 0.153. The minimum Gasteiger partial charge on any atom is -0.462 e. The number of unbranched alkanes of at least 4 members (excludes halogenated alkanes) is 30. The molecule has 0 aliphatic heterocycles. The second-order valence-electron chi connectivity index (χ2n) is 21.2. The van der Waals surface area contributed by atoms with Crippen LogP contribution in [0.4, 0.5) is 0 Å². The molecule has 12 heteroatoms. The fraction of sp³-hybridized carbons (Fsp3) is 0.773. The number of esters is 3. The zero-order valence-electron chi connectivity index (χ0n) is 50.1. The number of ether oxygens (including phenoxy) is 3. The second-order valence-corrected chi connectivity index (χ2v) is 22.6. The monoisotopic (exact) mass is 1120 g/mol. The van der Waals surface area contributed by atoms with Gasteiger partial charge in [-0.15, -0.1) is 0 Å². The van der Waals surface area contributed by atoms with Crippen LogP contribution in [0.1, 0.15) is 290 Å². The van der Waals surface area contributed by atoms with E-state index >= 15 is 0 Å². The highest BCUT2D eigenvalue weighted by molar-refractivity contribution is 7.47. The van der Waals surface area contributed by atoms with Crippen molar-refractivity contribution < 1.29 is 52.2 Å². The summed E-state index contributed by atoms with van der Waals surface area (Å²) < 4.78 is 39.7. The molecular formula is C66H117O11P. The van der Waals surface area contributed by atoms with Crippen molar-refractivity contribution in [1.82, 2.24) is 0 Å². The molecule has 0 amide bonds. The summed E-state index contributed by atoms with van der Waals surface area (Å²) >= 11 is 0. The van der Waals surface area contributed by atoms with Gasteiger partial charge in [-0.1, -0.05) is 235 Å². The van der Waals surface area contributed by atoms with Crippen LogP contribution in [0.3, 0.4) is 0 Å². The first-order valence-electron chi connectivity index (χ1n) is 31.8. The van der Waals surface area contributed by atoms with Crippen LogP contribution >= 0.6 is 7.82 Å². The fourth-order valence-corrected chi connectivity index (χ4v) is 9.53. The Morgan fingerprint density at radius 2 is 0.667 bits per heavy atom. The van der Waals surface area contributed by atoms with Gasteiger partial charge >= 0.3 is 25.7 Å². The summed E-state index contributed by atoms with van der Waals surface area (Å²) in [6, 6.07) is 0. The molecule has 0 saturated carbocycles. The maximum atomic E-state index is 12.9. The lowest BCUT2D eigenvalue weighted by atomic mass is 10.1. The summed E-state index contributed by atoms with van der Waals surface area (Å²) in [5.41, 5.74) is 0. The minimum atomic E-state index is -4.76. The van der Waals surface area contributed by atoms with Gasteiger partial charge in [0, 0.05) is 19.3 Å². The fourth-order valence-electron chi connectivity index (χ4n) is 8.75. The Hall–Kier alpha value is -3.08. The van der Waals surface area contributed by atoms with E-state index in [4.69, 9.17) is 23.3 Å². The van der Waals surface area contributed by atoms with Gasteiger partial charge in [-0.3, -0.25) is 23.4 Å². The highest BCUT2D eigenvalue weighted by Gasteiger charge is 2.28. The number of phosphoric ester groups is 1. The van der Waals surface area contributed by atoms with Gasteiger partial charge in [-0.2, -0.15) is 0 Å². The van der Waals surface area contributed by atoms with Crippen molar-refractivity contribution in [3.05, 3.63) is 72.9 Å². The molecule has 3 unspecified atom stereocenters. The number of aliphatic hydroxyl groups is 1. The number of carbonyl (C=O) groups excluding carboxylic acids is 3. The molecule has 0 aromatic heterocycles. The molecule has 11 nitrogen and oxygen atoms in total. The molecule has 0 fully saturated rings.